The van der Waals surface area contributed by atoms with E-state index in [1.165, 1.54) is 25.9 Å². The molecule has 0 amide bonds. The maximum Gasteiger partial charge on any atom is 0.0452 e. The number of halogens is 1. The third-order valence-corrected chi connectivity index (χ3v) is 4.30. The third kappa shape index (κ3) is 2.79. The highest BCUT2D eigenvalue weighted by molar-refractivity contribution is 6.31. The van der Waals surface area contributed by atoms with Crippen LogP contribution >= 0.6 is 11.6 Å². The molecule has 1 aromatic carbocycles. The highest BCUT2D eigenvalue weighted by Crippen LogP contribution is 2.28. The fourth-order valence-electron chi connectivity index (χ4n) is 2.68. The van der Waals surface area contributed by atoms with Gasteiger partial charge in [-0.1, -0.05) is 11.6 Å². The van der Waals surface area contributed by atoms with Crippen molar-refractivity contribution in [2.45, 2.75) is 25.4 Å². The second-order valence-electron chi connectivity index (χ2n) is 5.39. The van der Waals surface area contributed by atoms with Crippen LogP contribution in [0, 0.1) is 0 Å². The van der Waals surface area contributed by atoms with E-state index >= 15 is 0 Å². The van der Waals surface area contributed by atoms with Gasteiger partial charge in [0.25, 0.3) is 0 Å². The SMILES string of the molecule is Nc1ccc(Cl)c(CN2CCN(C3CC3)CC2)c1. The molecule has 3 rings (SSSR count). The molecule has 0 atom stereocenters. The molecule has 1 saturated carbocycles. The number of nitrogens with two attached hydrogens (primary N) is 1. The number of benzene rings is 1. The van der Waals surface area contributed by atoms with E-state index in [-0.39, 0.29) is 0 Å². The summed E-state index contributed by atoms with van der Waals surface area (Å²) in [6, 6.07) is 6.64. The minimum absolute atomic E-state index is 0.797. The maximum atomic E-state index is 6.21. The van der Waals surface area contributed by atoms with E-state index in [2.05, 4.69) is 9.80 Å². The van der Waals surface area contributed by atoms with Crippen molar-refractivity contribution >= 4 is 17.3 Å². The zero-order valence-electron chi connectivity index (χ0n) is 10.6. The smallest absolute Gasteiger partial charge is 0.0452 e. The Morgan fingerprint density at radius 2 is 1.89 bits per heavy atom. The highest BCUT2D eigenvalue weighted by Gasteiger charge is 2.31. The lowest BCUT2D eigenvalue weighted by Gasteiger charge is -2.35. The summed E-state index contributed by atoms with van der Waals surface area (Å²) in [5, 5.41) is 0.828. The zero-order chi connectivity index (χ0) is 12.5. The summed E-state index contributed by atoms with van der Waals surface area (Å²) >= 11 is 6.21. The molecule has 1 aromatic rings. The lowest BCUT2D eigenvalue weighted by atomic mass is 10.1. The number of anilines is 1. The van der Waals surface area contributed by atoms with Crippen molar-refractivity contribution in [1.82, 2.24) is 9.80 Å². The molecule has 0 aromatic heterocycles. The number of rotatable bonds is 3. The Morgan fingerprint density at radius 1 is 1.17 bits per heavy atom. The fraction of sp³-hybridized carbons (Fsp3) is 0.571. The van der Waals surface area contributed by atoms with E-state index < -0.39 is 0 Å². The standard InChI is InChI=1S/C14H20ClN3/c15-14-4-1-12(16)9-11(14)10-17-5-7-18(8-6-17)13-2-3-13/h1,4,9,13H,2-3,5-8,10,16H2. The minimum atomic E-state index is 0.797. The quantitative estimate of drug-likeness (QED) is 0.851. The van der Waals surface area contributed by atoms with Gasteiger partial charge in [0.1, 0.15) is 0 Å². The van der Waals surface area contributed by atoms with E-state index in [0.717, 1.165) is 41.9 Å². The van der Waals surface area contributed by atoms with Crippen LogP contribution in [-0.4, -0.2) is 42.0 Å². The van der Waals surface area contributed by atoms with Crippen LogP contribution in [0.1, 0.15) is 18.4 Å². The van der Waals surface area contributed by atoms with Gasteiger partial charge in [-0.25, -0.2) is 0 Å². The lowest BCUT2D eigenvalue weighted by Crippen LogP contribution is -2.46. The van der Waals surface area contributed by atoms with Crippen LogP contribution in [0.5, 0.6) is 0 Å². The summed E-state index contributed by atoms with van der Waals surface area (Å²) in [5.74, 6) is 0. The second kappa shape index (κ2) is 5.08. The number of nitrogen functional groups attached to an aromatic ring is 1. The fourth-order valence-corrected chi connectivity index (χ4v) is 2.86. The molecule has 2 aliphatic rings. The minimum Gasteiger partial charge on any atom is -0.399 e. The first-order chi connectivity index (χ1) is 8.72. The molecule has 0 radical (unpaired) electrons. The van der Waals surface area contributed by atoms with Gasteiger partial charge in [0.2, 0.25) is 0 Å². The van der Waals surface area contributed by atoms with Crippen LogP contribution in [0.2, 0.25) is 5.02 Å². The van der Waals surface area contributed by atoms with Crippen LogP contribution < -0.4 is 5.73 Å². The van der Waals surface area contributed by atoms with Crippen molar-refractivity contribution < 1.29 is 0 Å². The Hall–Kier alpha value is -0.770. The predicted molar refractivity (Wildman–Crippen MR) is 75.7 cm³/mol. The Balaban J connectivity index is 1.58. The molecule has 98 valence electrons. The van der Waals surface area contributed by atoms with Crippen LogP contribution in [-0.2, 0) is 6.54 Å². The van der Waals surface area contributed by atoms with Gasteiger partial charge in [-0.2, -0.15) is 0 Å². The van der Waals surface area contributed by atoms with Crippen LogP contribution in [0.4, 0.5) is 5.69 Å². The molecule has 1 heterocycles. The van der Waals surface area contributed by atoms with Gasteiger partial charge in [-0.3, -0.25) is 9.80 Å². The third-order valence-electron chi connectivity index (χ3n) is 3.93. The van der Waals surface area contributed by atoms with E-state index in [1.54, 1.807) is 0 Å². The number of hydrogen-bond donors (Lipinski definition) is 1. The monoisotopic (exact) mass is 265 g/mol. The highest BCUT2D eigenvalue weighted by atomic mass is 35.5. The Labute approximate surface area is 114 Å². The van der Waals surface area contributed by atoms with E-state index in [9.17, 15) is 0 Å². The molecule has 18 heavy (non-hydrogen) atoms. The molecule has 2 fully saturated rings. The molecular weight excluding hydrogens is 246 g/mol. The predicted octanol–water partition coefficient (Wildman–Crippen LogP) is 2.20. The van der Waals surface area contributed by atoms with Gasteiger partial charge in [-0.05, 0) is 36.6 Å². The van der Waals surface area contributed by atoms with Gasteiger partial charge in [0, 0.05) is 49.5 Å². The van der Waals surface area contributed by atoms with Crippen molar-refractivity contribution in [1.29, 1.82) is 0 Å². The Morgan fingerprint density at radius 3 is 2.56 bits per heavy atom. The molecule has 0 unspecified atom stereocenters. The molecule has 0 spiro atoms. The maximum absolute atomic E-state index is 6.21. The molecular formula is C14H20ClN3. The van der Waals surface area contributed by atoms with Gasteiger partial charge in [0.15, 0.2) is 0 Å². The number of hydrogen-bond acceptors (Lipinski definition) is 3. The van der Waals surface area contributed by atoms with Crippen molar-refractivity contribution in [3.05, 3.63) is 28.8 Å². The Bertz CT molecular complexity index is 423. The second-order valence-corrected chi connectivity index (χ2v) is 5.80. The largest absolute Gasteiger partial charge is 0.399 e. The zero-order valence-corrected chi connectivity index (χ0v) is 11.4. The van der Waals surface area contributed by atoms with Gasteiger partial charge >= 0.3 is 0 Å². The summed E-state index contributed by atoms with van der Waals surface area (Å²) < 4.78 is 0. The van der Waals surface area contributed by atoms with E-state index in [1.807, 2.05) is 18.2 Å². The lowest BCUT2D eigenvalue weighted by molar-refractivity contribution is 0.121. The summed E-state index contributed by atoms with van der Waals surface area (Å²) in [6.07, 6.45) is 2.81. The topological polar surface area (TPSA) is 32.5 Å². The van der Waals surface area contributed by atoms with Crippen molar-refractivity contribution in [3.8, 4) is 0 Å². The average molecular weight is 266 g/mol. The van der Waals surface area contributed by atoms with Gasteiger partial charge in [0.05, 0.1) is 0 Å². The van der Waals surface area contributed by atoms with Crippen molar-refractivity contribution in [2.75, 3.05) is 31.9 Å². The van der Waals surface area contributed by atoms with Crippen LogP contribution in [0.3, 0.4) is 0 Å². The number of nitrogens with zero attached hydrogens (tertiary/aromatic N) is 2. The van der Waals surface area contributed by atoms with Crippen molar-refractivity contribution in [3.63, 3.8) is 0 Å². The summed E-state index contributed by atoms with van der Waals surface area (Å²) in [6.45, 7) is 5.60. The molecule has 1 aliphatic heterocycles. The van der Waals surface area contributed by atoms with Gasteiger partial charge < -0.3 is 5.73 Å². The molecule has 2 N–H and O–H groups in total. The average Bonchev–Trinajstić information content (AvgIpc) is 3.19. The molecule has 4 heteroatoms. The first kappa shape index (κ1) is 12.3. The van der Waals surface area contributed by atoms with Gasteiger partial charge in [-0.15, -0.1) is 0 Å². The first-order valence-corrected chi connectivity index (χ1v) is 7.10. The molecule has 0 bridgehead atoms. The summed E-state index contributed by atoms with van der Waals surface area (Å²) in [5.41, 5.74) is 7.76. The first-order valence-electron chi connectivity index (χ1n) is 6.73. The Kier molecular flexibility index (Phi) is 3.46. The normalized spacial score (nSPS) is 22.3. The summed E-state index contributed by atoms with van der Waals surface area (Å²) in [4.78, 5) is 5.09. The summed E-state index contributed by atoms with van der Waals surface area (Å²) in [7, 11) is 0. The van der Waals surface area contributed by atoms with Crippen molar-refractivity contribution in [2.24, 2.45) is 0 Å². The van der Waals surface area contributed by atoms with Crippen LogP contribution in [0.15, 0.2) is 18.2 Å². The van der Waals surface area contributed by atoms with Crippen LogP contribution in [0.25, 0.3) is 0 Å². The van der Waals surface area contributed by atoms with E-state index in [0.29, 0.717) is 0 Å². The number of piperazine rings is 1. The van der Waals surface area contributed by atoms with E-state index in [4.69, 9.17) is 17.3 Å². The molecule has 3 nitrogen and oxygen atoms in total. The molecule has 1 saturated heterocycles. The molecule has 1 aliphatic carbocycles.